The van der Waals surface area contributed by atoms with Crippen molar-refractivity contribution < 1.29 is 50.7 Å². The number of halogens is 2. The molecule has 3 fully saturated rings. The molecule has 0 spiro atoms. The fourth-order valence-corrected chi connectivity index (χ4v) is 7.57. The van der Waals surface area contributed by atoms with Crippen molar-refractivity contribution in [2.45, 2.75) is 49.2 Å². The first-order valence-electron chi connectivity index (χ1n) is 12.9. The third kappa shape index (κ3) is 5.45. The number of phosphoric acid groups is 1. The van der Waals surface area contributed by atoms with Gasteiger partial charge in [0.25, 0.3) is 5.56 Å². The highest BCUT2D eigenvalue weighted by Crippen LogP contribution is 2.54. The topological polar surface area (TPSA) is 282 Å². The van der Waals surface area contributed by atoms with Gasteiger partial charge in [0.15, 0.2) is 47.6 Å². The van der Waals surface area contributed by atoms with Crippen LogP contribution in [0.3, 0.4) is 0 Å². The third-order valence-corrected chi connectivity index (χ3v) is 9.76. The van der Waals surface area contributed by atoms with Crippen LogP contribution < -0.4 is 33.0 Å². The van der Waals surface area contributed by atoms with E-state index in [2.05, 4.69) is 35.9 Å². The highest BCUT2D eigenvalue weighted by molar-refractivity contribution is 8.07. The molecule has 4 aliphatic heterocycles. The molecule has 3 saturated heterocycles. The predicted octanol–water partition coefficient (Wildman–Crippen LogP) is -1.14. The van der Waals surface area contributed by atoms with Gasteiger partial charge >= 0.3 is 14.5 Å². The maximum atomic E-state index is 15.9. The van der Waals surface area contributed by atoms with Crippen LogP contribution in [0.2, 0.25) is 0 Å². The van der Waals surface area contributed by atoms with Crippen molar-refractivity contribution in [2.24, 2.45) is 0 Å². The van der Waals surface area contributed by atoms with Gasteiger partial charge in [0, 0.05) is 0 Å². The Bertz CT molecular complexity index is 1810. The molecule has 26 heteroatoms. The summed E-state index contributed by atoms with van der Waals surface area (Å²) in [6.07, 6.45) is -11.9. The molecule has 3 aromatic heterocycles. The molecule has 2 unspecified atom stereocenters. The van der Waals surface area contributed by atoms with Crippen molar-refractivity contribution >= 4 is 60.8 Å². The van der Waals surface area contributed by atoms with E-state index < -0.39 is 82.5 Å². The van der Waals surface area contributed by atoms with Gasteiger partial charge in [-0.3, -0.25) is 33.3 Å². The van der Waals surface area contributed by atoms with Crippen LogP contribution in [0.1, 0.15) is 6.23 Å². The highest BCUT2D eigenvalue weighted by Gasteiger charge is 2.55. The van der Waals surface area contributed by atoms with Crippen LogP contribution in [-0.4, -0.2) is 95.5 Å². The van der Waals surface area contributed by atoms with Gasteiger partial charge < -0.3 is 35.3 Å². The van der Waals surface area contributed by atoms with Crippen LogP contribution in [0.4, 0.5) is 32.1 Å². The van der Waals surface area contributed by atoms with E-state index in [4.69, 9.17) is 50.8 Å². The number of alkyl halides is 2. The molecule has 7 heterocycles. The molecule has 0 amide bonds. The van der Waals surface area contributed by atoms with Gasteiger partial charge in [-0.25, -0.2) is 33.3 Å². The van der Waals surface area contributed by atoms with Crippen LogP contribution >= 0.6 is 14.5 Å². The van der Waals surface area contributed by atoms with Crippen LogP contribution in [0.5, 0.6) is 0 Å². The molecular formula is C19H23F2N11O10P2S. The van der Waals surface area contributed by atoms with E-state index in [9.17, 15) is 19.1 Å². The Labute approximate surface area is 253 Å². The first-order chi connectivity index (χ1) is 21.3. The van der Waals surface area contributed by atoms with Crippen LogP contribution in [0.15, 0.2) is 17.4 Å². The fraction of sp³-hybridized carbons (Fsp3) is 0.526. The third-order valence-electron chi connectivity index (χ3n) is 7.21. The molecule has 0 aromatic carbocycles. The monoisotopic (exact) mass is 697 g/mol. The zero-order valence-corrected chi connectivity index (χ0v) is 24.9. The highest BCUT2D eigenvalue weighted by atomic mass is 32.5. The first kappa shape index (κ1) is 30.7. The van der Waals surface area contributed by atoms with Crippen LogP contribution in [-0.2, 0) is 43.9 Å². The molecule has 9 N–H and O–H groups in total. The van der Waals surface area contributed by atoms with Gasteiger partial charge in [0.05, 0.1) is 19.5 Å². The quantitative estimate of drug-likeness (QED) is 0.156. The Kier molecular flexibility index (Phi) is 7.54. The summed E-state index contributed by atoms with van der Waals surface area (Å²) in [6, 6.07) is 0. The lowest BCUT2D eigenvalue weighted by Gasteiger charge is -2.27. The number of imidazole rings is 1. The smallest absolute Gasteiger partial charge is 0.382 e. The first-order valence-corrected chi connectivity index (χ1v) is 16.9. The maximum Gasteiger partial charge on any atom is 0.472 e. The van der Waals surface area contributed by atoms with E-state index in [0.717, 1.165) is 22.2 Å². The van der Waals surface area contributed by atoms with Crippen molar-refractivity contribution in [1.29, 1.82) is 0 Å². The second-order valence-corrected chi connectivity index (χ2v) is 14.2. The average Bonchev–Trinajstić information content (AvgIpc) is 3.72. The lowest BCUT2D eigenvalue weighted by atomic mass is 10.1. The Morgan fingerprint density at radius 1 is 1.02 bits per heavy atom. The van der Waals surface area contributed by atoms with Gasteiger partial charge in [-0.05, 0) is 11.8 Å². The number of nitrogens with two attached hydrogens (primary N) is 2. The number of H-pyrrole nitrogens is 1. The number of anilines is 4. The van der Waals surface area contributed by atoms with Crippen molar-refractivity contribution in [3.63, 3.8) is 0 Å². The predicted molar refractivity (Wildman–Crippen MR) is 149 cm³/mol. The molecule has 2 bridgehead atoms. The number of nitrogens with one attached hydrogen (secondary N) is 3. The second kappa shape index (κ2) is 11.1. The minimum atomic E-state index is -5.15. The number of fused-ring (bicyclic) bond motifs is 5. The number of rotatable bonds is 2. The molecule has 0 radical (unpaired) electrons. The van der Waals surface area contributed by atoms with E-state index >= 15 is 8.78 Å². The number of aromatic nitrogens is 6. The number of aromatic amines is 1. The molecule has 4 aliphatic rings. The van der Waals surface area contributed by atoms with Crippen molar-refractivity contribution in [2.75, 3.05) is 35.1 Å². The summed E-state index contributed by atoms with van der Waals surface area (Å²) in [7, 11) is -5.15. The number of hydrogen-bond acceptors (Lipinski definition) is 18. The lowest BCUT2D eigenvalue weighted by Crippen LogP contribution is -2.49. The second-order valence-electron chi connectivity index (χ2n) is 10.0. The molecule has 7 rings (SSSR count). The van der Waals surface area contributed by atoms with Crippen molar-refractivity contribution in [3.05, 3.63) is 23.0 Å². The number of ether oxygens (including phenoxy) is 2. The zero-order chi connectivity index (χ0) is 31.8. The summed E-state index contributed by atoms with van der Waals surface area (Å²) in [4.78, 5) is 51.9. The summed E-state index contributed by atoms with van der Waals surface area (Å²) >= 11 is 5.13. The van der Waals surface area contributed by atoms with Gasteiger partial charge in [-0.2, -0.15) is 4.98 Å². The van der Waals surface area contributed by atoms with E-state index in [0.29, 0.717) is 0 Å². The van der Waals surface area contributed by atoms with Gasteiger partial charge in [-0.15, -0.1) is 5.53 Å². The van der Waals surface area contributed by atoms with Crippen molar-refractivity contribution in [3.8, 4) is 0 Å². The van der Waals surface area contributed by atoms with E-state index in [1.54, 1.807) is 0 Å². The van der Waals surface area contributed by atoms with Crippen molar-refractivity contribution in [1.82, 2.24) is 35.0 Å². The average molecular weight is 697 g/mol. The maximum absolute atomic E-state index is 15.9. The molecule has 0 aliphatic carbocycles. The number of nitrogen functional groups attached to an aromatic ring is 2. The Morgan fingerprint density at radius 3 is 2.58 bits per heavy atom. The molecule has 244 valence electrons. The SMILES string of the molecule is Nc1nc2c(ncn2[C@@H]2O[C@@H]3COP(=O)(O)O[C@H]4[C@H](F)[C@H](N5NNc6c(N)ncnc65)O[C@@H]4COP(O)(=S)O[C@@H]2[C@@H]3F)c(=O)[nH]1. The van der Waals surface area contributed by atoms with Crippen LogP contribution in [0, 0.1) is 0 Å². The van der Waals surface area contributed by atoms with Gasteiger partial charge in [0.2, 0.25) is 5.95 Å². The van der Waals surface area contributed by atoms with Crippen LogP contribution in [0.25, 0.3) is 11.2 Å². The minimum absolute atomic E-state index is 0.0352. The Hall–Kier alpha value is -2.99. The lowest BCUT2D eigenvalue weighted by molar-refractivity contribution is -0.0592. The van der Waals surface area contributed by atoms with Gasteiger partial charge in [0.1, 0.15) is 36.4 Å². The standard InChI is InChI=1S/C19H23F2N11O10P2S/c20-7-5-1-37-43(34,35)41-11-6(40-17(8(11)21)32-14-9(29-30-32)13(22)24-3-25-14)2-38-44(36,45)42-12(7)18(39-5)31-4-26-10-15(31)27-19(23)28-16(10)33/h3-8,11-12,17-18,29-30H,1-2H2,(H,34,35)(H,36,45)(H2,22,24,25)(H3,23,27,28,33)/t5-,6-,7-,8+,11-,12-,17-,18-,44?/m1/s1. The molecule has 3 aromatic rings. The Morgan fingerprint density at radius 2 is 1.78 bits per heavy atom. The zero-order valence-electron chi connectivity index (χ0n) is 22.2. The minimum Gasteiger partial charge on any atom is -0.382 e. The Balaban J connectivity index is 1.19. The number of phosphoric ester groups is 1. The molecule has 45 heavy (non-hydrogen) atoms. The number of hydrazine groups is 2. The normalized spacial score (nSPS) is 38.6. The largest absolute Gasteiger partial charge is 0.472 e. The summed E-state index contributed by atoms with van der Waals surface area (Å²) in [5.41, 5.74) is 16.0. The van der Waals surface area contributed by atoms with E-state index in [1.165, 1.54) is 0 Å². The summed E-state index contributed by atoms with van der Waals surface area (Å²) in [5.74, 6) is -0.164. The summed E-state index contributed by atoms with van der Waals surface area (Å²) in [6.45, 7) is -6.07. The van der Waals surface area contributed by atoms with E-state index in [1.807, 2.05) is 0 Å². The molecule has 10 atom stereocenters. The summed E-state index contributed by atoms with van der Waals surface area (Å²) in [5, 5.41) is 1.10. The molecule has 21 nitrogen and oxygen atoms in total. The fourth-order valence-electron chi connectivity index (χ4n) is 5.21. The number of nitrogens with zero attached hydrogens (tertiary/aromatic N) is 6. The van der Waals surface area contributed by atoms with E-state index in [-0.39, 0.29) is 34.4 Å². The number of hydrogen-bond donors (Lipinski definition) is 7. The molecular weight excluding hydrogens is 674 g/mol. The summed E-state index contributed by atoms with van der Waals surface area (Å²) < 4.78 is 78.4. The molecule has 0 saturated carbocycles. The van der Waals surface area contributed by atoms with Gasteiger partial charge in [-0.1, -0.05) is 0 Å².